The molecule has 0 unspecified atom stereocenters. The molecule has 2 rings (SSSR count). The molecular formula is C16H12F3NO2S. The molecule has 23 heavy (non-hydrogen) atoms. The number of nitrogens with one attached hydrogen (secondary N) is 1. The van der Waals surface area contributed by atoms with Crippen molar-refractivity contribution < 1.29 is 21.6 Å². The van der Waals surface area contributed by atoms with Crippen LogP contribution >= 0.6 is 0 Å². The summed E-state index contributed by atoms with van der Waals surface area (Å²) in [7, 11) is -3.94. The molecule has 0 spiro atoms. The van der Waals surface area contributed by atoms with E-state index in [9.17, 15) is 21.6 Å². The first kappa shape index (κ1) is 16.9. The minimum Gasteiger partial charge on any atom is -0.278 e. The van der Waals surface area contributed by atoms with E-state index in [0.717, 1.165) is 12.1 Å². The normalized spacial score (nSPS) is 11.8. The maximum absolute atomic E-state index is 12.8. The monoisotopic (exact) mass is 339 g/mol. The fraction of sp³-hybridized carbons (Fsp3) is 0.125. The van der Waals surface area contributed by atoms with Gasteiger partial charge in [-0.3, -0.25) is 4.72 Å². The molecule has 0 aliphatic rings. The predicted octanol–water partition coefficient (Wildman–Crippen LogP) is 3.80. The van der Waals surface area contributed by atoms with Gasteiger partial charge in [0.25, 0.3) is 10.0 Å². The van der Waals surface area contributed by atoms with E-state index in [4.69, 9.17) is 6.42 Å². The minimum atomic E-state index is -4.56. The summed E-state index contributed by atoms with van der Waals surface area (Å²) in [6.07, 6.45) is 0.675. The first-order valence-electron chi connectivity index (χ1n) is 6.41. The molecule has 2 aromatic rings. The van der Waals surface area contributed by atoms with Crippen LogP contribution in [0.3, 0.4) is 0 Å². The van der Waals surface area contributed by atoms with Crippen molar-refractivity contribution in [3.05, 3.63) is 59.2 Å². The Kier molecular flexibility index (Phi) is 4.39. The molecule has 3 nitrogen and oxygen atoms in total. The standard InChI is InChI=1S/C16H12F3NO2S/c1-3-12-10-13(16(17,18)19)9-11(2)15(12)20-23(21,22)14-7-5-4-6-8-14/h1,4-10,20H,2H3. The highest BCUT2D eigenvalue weighted by molar-refractivity contribution is 7.92. The summed E-state index contributed by atoms with van der Waals surface area (Å²) in [5.41, 5.74) is -1.04. The average Bonchev–Trinajstić information content (AvgIpc) is 2.48. The van der Waals surface area contributed by atoms with Crippen molar-refractivity contribution >= 4 is 15.7 Å². The zero-order valence-electron chi connectivity index (χ0n) is 12.0. The Hall–Kier alpha value is -2.46. The van der Waals surface area contributed by atoms with Gasteiger partial charge >= 0.3 is 6.18 Å². The molecular weight excluding hydrogens is 327 g/mol. The number of halogens is 3. The van der Waals surface area contributed by atoms with Crippen molar-refractivity contribution in [2.24, 2.45) is 0 Å². The zero-order chi connectivity index (χ0) is 17.3. The van der Waals surface area contributed by atoms with Crippen LogP contribution in [-0.2, 0) is 16.2 Å². The second-order valence-corrected chi connectivity index (χ2v) is 6.46. The van der Waals surface area contributed by atoms with Crippen LogP contribution in [0.1, 0.15) is 16.7 Å². The van der Waals surface area contributed by atoms with Crippen LogP contribution in [0.5, 0.6) is 0 Å². The molecule has 0 radical (unpaired) electrons. The summed E-state index contributed by atoms with van der Waals surface area (Å²) >= 11 is 0. The fourth-order valence-corrected chi connectivity index (χ4v) is 3.17. The third-order valence-corrected chi connectivity index (χ3v) is 4.47. The van der Waals surface area contributed by atoms with Gasteiger partial charge < -0.3 is 0 Å². The van der Waals surface area contributed by atoms with E-state index in [2.05, 4.69) is 10.6 Å². The molecule has 0 aliphatic heterocycles. The van der Waals surface area contributed by atoms with Crippen LogP contribution in [0.2, 0.25) is 0 Å². The minimum absolute atomic E-state index is 0.0118. The smallest absolute Gasteiger partial charge is 0.278 e. The summed E-state index contributed by atoms with van der Waals surface area (Å²) in [4.78, 5) is -0.0118. The summed E-state index contributed by atoms with van der Waals surface area (Å²) in [6, 6.07) is 9.07. The van der Waals surface area contributed by atoms with E-state index in [0.29, 0.717) is 0 Å². The number of benzene rings is 2. The molecule has 7 heteroatoms. The van der Waals surface area contributed by atoms with Crippen molar-refractivity contribution in [3.8, 4) is 12.3 Å². The predicted molar refractivity (Wildman–Crippen MR) is 81.4 cm³/mol. The fourth-order valence-electron chi connectivity index (χ4n) is 1.99. The van der Waals surface area contributed by atoms with Crippen LogP contribution < -0.4 is 4.72 Å². The van der Waals surface area contributed by atoms with Crippen molar-refractivity contribution in [3.63, 3.8) is 0 Å². The van der Waals surface area contributed by atoms with E-state index in [1.165, 1.54) is 31.2 Å². The van der Waals surface area contributed by atoms with Gasteiger partial charge in [-0.05, 0) is 36.8 Å². The lowest BCUT2D eigenvalue weighted by Crippen LogP contribution is -2.16. The number of hydrogen-bond acceptors (Lipinski definition) is 2. The van der Waals surface area contributed by atoms with Crippen molar-refractivity contribution in [2.75, 3.05) is 4.72 Å². The number of terminal acetylenes is 1. The molecule has 0 fully saturated rings. The highest BCUT2D eigenvalue weighted by Crippen LogP contribution is 2.34. The first-order valence-corrected chi connectivity index (χ1v) is 7.90. The highest BCUT2D eigenvalue weighted by atomic mass is 32.2. The van der Waals surface area contributed by atoms with Crippen LogP contribution in [0.15, 0.2) is 47.4 Å². The Balaban J connectivity index is 2.51. The van der Waals surface area contributed by atoms with Gasteiger partial charge in [-0.15, -0.1) is 6.42 Å². The summed E-state index contributed by atoms with van der Waals surface area (Å²) in [5.74, 6) is 2.10. The van der Waals surface area contributed by atoms with E-state index in [1.54, 1.807) is 6.07 Å². The summed E-state index contributed by atoms with van der Waals surface area (Å²) in [6.45, 7) is 1.36. The number of anilines is 1. The van der Waals surface area contributed by atoms with Gasteiger partial charge in [0.05, 0.1) is 16.1 Å². The number of sulfonamides is 1. The topological polar surface area (TPSA) is 46.2 Å². The first-order chi connectivity index (χ1) is 10.6. The molecule has 2 aromatic carbocycles. The van der Waals surface area contributed by atoms with Crippen LogP contribution in [0.4, 0.5) is 18.9 Å². The van der Waals surface area contributed by atoms with Gasteiger partial charge in [0.15, 0.2) is 0 Å². The third-order valence-electron chi connectivity index (χ3n) is 3.11. The number of aryl methyl sites for hydroxylation is 1. The summed E-state index contributed by atoms with van der Waals surface area (Å²) in [5, 5.41) is 0. The van der Waals surface area contributed by atoms with Crippen LogP contribution in [0, 0.1) is 19.3 Å². The third kappa shape index (κ3) is 3.66. The molecule has 0 atom stereocenters. The van der Waals surface area contributed by atoms with Crippen LogP contribution in [0.25, 0.3) is 0 Å². The largest absolute Gasteiger partial charge is 0.416 e. The van der Waals surface area contributed by atoms with E-state index in [-0.39, 0.29) is 21.7 Å². The lowest BCUT2D eigenvalue weighted by atomic mass is 10.0. The second-order valence-electron chi connectivity index (χ2n) is 4.78. The number of hydrogen-bond donors (Lipinski definition) is 1. The highest BCUT2D eigenvalue weighted by Gasteiger charge is 2.32. The lowest BCUT2D eigenvalue weighted by molar-refractivity contribution is -0.137. The second kappa shape index (κ2) is 5.97. The summed E-state index contributed by atoms with van der Waals surface area (Å²) < 4.78 is 65.3. The van der Waals surface area contributed by atoms with E-state index in [1.807, 2.05) is 0 Å². The zero-order valence-corrected chi connectivity index (χ0v) is 12.8. The van der Waals surface area contributed by atoms with Gasteiger partial charge in [0.1, 0.15) is 0 Å². The molecule has 0 saturated carbocycles. The Bertz CT molecular complexity index is 867. The maximum Gasteiger partial charge on any atom is 0.416 e. The number of alkyl halides is 3. The molecule has 0 saturated heterocycles. The van der Waals surface area contributed by atoms with Crippen molar-refractivity contribution in [1.82, 2.24) is 0 Å². The molecule has 0 amide bonds. The average molecular weight is 339 g/mol. The van der Waals surface area contributed by atoms with Crippen LogP contribution in [-0.4, -0.2) is 8.42 Å². The molecule has 0 bridgehead atoms. The van der Waals surface area contributed by atoms with Gasteiger partial charge in [-0.2, -0.15) is 13.2 Å². The van der Waals surface area contributed by atoms with Gasteiger partial charge in [0, 0.05) is 5.56 Å². The Morgan fingerprint density at radius 2 is 1.74 bits per heavy atom. The van der Waals surface area contributed by atoms with E-state index >= 15 is 0 Å². The van der Waals surface area contributed by atoms with Crippen molar-refractivity contribution in [1.29, 1.82) is 0 Å². The Morgan fingerprint density at radius 3 is 2.26 bits per heavy atom. The maximum atomic E-state index is 12.8. The molecule has 0 aromatic heterocycles. The number of rotatable bonds is 3. The quantitative estimate of drug-likeness (QED) is 0.865. The molecule has 120 valence electrons. The van der Waals surface area contributed by atoms with E-state index < -0.39 is 21.8 Å². The molecule has 0 heterocycles. The van der Waals surface area contributed by atoms with Gasteiger partial charge in [-0.1, -0.05) is 24.1 Å². The van der Waals surface area contributed by atoms with Gasteiger partial charge in [0.2, 0.25) is 0 Å². The Morgan fingerprint density at radius 1 is 1.13 bits per heavy atom. The lowest BCUT2D eigenvalue weighted by Gasteiger charge is -2.15. The Labute approximate surface area is 132 Å². The molecule has 1 N–H and O–H groups in total. The molecule has 0 aliphatic carbocycles. The van der Waals surface area contributed by atoms with Crippen molar-refractivity contribution in [2.45, 2.75) is 18.0 Å². The SMILES string of the molecule is C#Cc1cc(C(F)(F)F)cc(C)c1NS(=O)(=O)c1ccccc1. The van der Waals surface area contributed by atoms with Gasteiger partial charge in [-0.25, -0.2) is 8.42 Å².